The molecule has 2 aromatic carbocycles. The quantitative estimate of drug-likeness (QED) is 0.129. The summed E-state index contributed by atoms with van der Waals surface area (Å²) in [6, 6.07) is 4.15. The first-order valence-corrected chi connectivity index (χ1v) is 15.3. The van der Waals surface area contributed by atoms with E-state index in [9.17, 15) is 35.1 Å². The topological polar surface area (TPSA) is 18.5 Å². The Kier molecular flexibility index (Phi) is 11.7. The Hall–Kier alpha value is -2.60. The smallest absolute Gasteiger partial charge is 0.317 e. The highest BCUT2D eigenvalue weighted by atomic mass is 19.3. The molecule has 4 rings (SSSR count). The molecule has 2 aliphatic carbocycles. The molecule has 0 amide bonds. The van der Waals surface area contributed by atoms with Crippen molar-refractivity contribution in [2.45, 2.75) is 108 Å². The Morgan fingerprint density at radius 2 is 1.31 bits per heavy atom. The number of hydrogen-bond donors (Lipinski definition) is 0. The van der Waals surface area contributed by atoms with Crippen LogP contribution in [0, 0.1) is 35.1 Å². The van der Waals surface area contributed by atoms with Crippen molar-refractivity contribution < 1.29 is 53.4 Å². The third-order valence-corrected chi connectivity index (χ3v) is 8.68. The molecule has 0 aromatic heterocycles. The lowest BCUT2D eigenvalue weighted by Gasteiger charge is -2.37. The maximum Gasteiger partial charge on any atom is 0.386 e. The zero-order valence-electron chi connectivity index (χ0n) is 24.8. The van der Waals surface area contributed by atoms with Gasteiger partial charge < -0.3 is 9.47 Å². The summed E-state index contributed by atoms with van der Waals surface area (Å²) in [5.41, 5.74) is -1.12. The van der Waals surface area contributed by atoms with Crippen molar-refractivity contribution in [3.05, 3.63) is 76.1 Å². The molecule has 250 valence electrons. The van der Waals surface area contributed by atoms with Gasteiger partial charge in [0.1, 0.15) is 11.6 Å². The molecule has 0 spiro atoms. The van der Waals surface area contributed by atoms with Gasteiger partial charge in [0.15, 0.2) is 23.3 Å². The predicted molar refractivity (Wildman–Crippen MR) is 148 cm³/mol. The molecular formula is C33H36F10O2. The van der Waals surface area contributed by atoms with Crippen molar-refractivity contribution in [1.29, 1.82) is 0 Å². The molecule has 0 bridgehead atoms. The van der Waals surface area contributed by atoms with E-state index < -0.39 is 82.3 Å². The first kappa shape index (κ1) is 35.3. The minimum absolute atomic E-state index is 0.0548. The number of unbranched alkanes of at least 4 members (excludes halogenated alkanes) is 2. The van der Waals surface area contributed by atoms with Crippen LogP contribution in [0.3, 0.4) is 0 Å². The van der Waals surface area contributed by atoms with Gasteiger partial charge in [0.25, 0.3) is 0 Å². The molecular weight excluding hydrogens is 618 g/mol. The molecule has 0 radical (unpaired) electrons. The van der Waals surface area contributed by atoms with Gasteiger partial charge in [-0.1, -0.05) is 25.8 Å². The SMILES string of the molecule is CCCCCc1ccc(C(F)(F)OC2CCC(C(F)(F)OC3CCC(/C(F)=C(\F)c4cc(F)c(F)c(F)c4)CC3)CC2)c(F)c1. The average molecular weight is 655 g/mol. The van der Waals surface area contributed by atoms with Gasteiger partial charge in [-0.15, -0.1) is 0 Å². The van der Waals surface area contributed by atoms with Gasteiger partial charge >= 0.3 is 12.2 Å². The fraction of sp³-hybridized carbons (Fsp3) is 0.576. The molecule has 12 heteroatoms. The summed E-state index contributed by atoms with van der Waals surface area (Å²) in [4.78, 5) is 0. The Morgan fingerprint density at radius 3 is 1.89 bits per heavy atom. The summed E-state index contributed by atoms with van der Waals surface area (Å²) in [5.74, 6) is -11.5. The molecule has 0 aliphatic heterocycles. The third-order valence-electron chi connectivity index (χ3n) is 8.68. The van der Waals surface area contributed by atoms with Crippen LogP contribution < -0.4 is 0 Å². The summed E-state index contributed by atoms with van der Waals surface area (Å²) in [5, 5.41) is 0. The Bertz CT molecular complexity index is 1310. The van der Waals surface area contributed by atoms with Crippen molar-refractivity contribution in [1.82, 2.24) is 0 Å². The van der Waals surface area contributed by atoms with Gasteiger partial charge in [-0.05, 0) is 94.0 Å². The largest absolute Gasteiger partial charge is 0.386 e. The van der Waals surface area contributed by atoms with E-state index in [2.05, 4.69) is 0 Å². The van der Waals surface area contributed by atoms with Crippen molar-refractivity contribution >= 4 is 5.83 Å². The number of benzene rings is 2. The lowest BCUT2D eigenvalue weighted by molar-refractivity contribution is -0.311. The second kappa shape index (κ2) is 14.9. The second-order valence-corrected chi connectivity index (χ2v) is 11.9. The van der Waals surface area contributed by atoms with Crippen LogP contribution in [0.4, 0.5) is 43.9 Å². The molecule has 0 unspecified atom stereocenters. The van der Waals surface area contributed by atoms with Gasteiger partial charge in [-0.3, -0.25) is 0 Å². The Morgan fingerprint density at radius 1 is 0.733 bits per heavy atom. The van der Waals surface area contributed by atoms with Gasteiger partial charge in [0.2, 0.25) is 0 Å². The minimum atomic E-state index is -3.94. The lowest BCUT2D eigenvalue weighted by Crippen LogP contribution is -2.40. The van der Waals surface area contributed by atoms with E-state index in [0.717, 1.165) is 31.4 Å². The summed E-state index contributed by atoms with van der Waals surface area (Å²) >= 11 is 0. The normalized spacial score (nSPS) is 23.6. The monoisotopic (exact) mass is 654 g/mol. The van der Waals surface area contributed by atoms with Crippen LogP contribution in [0.5, 0.6) is 0 Å². The minimum Gasteiger partial charge on any atom is -0.317 e. The van der Waals surface area contributed by atoms with E-state index in [1.165, 1.54) is 6.07 Å². The summed E-state index contributed by atoms with van der Waals surface area (Å²) in [6.45, 7) is 2.01. The van der Waals surface area contributed by atoms with Crippen LogP contribution in [-0.2, 0) is 22.0 Å². The van der Waals surface area contributed by atoms with Crippen molar-refractivity contribution in [2.75, 3.05) is 0 Å². The Balaban J connectivity index is 1.26. The molecule has 0 atom stereocenters. The van der Waals surface area contributed by atoms with Crippen LogP contribution >= 0.6 is 0 Å². The molecule has 2 aromatic rings. The number of halogens is 10. The standard InChI is InChI=1S/C33H36F10O2/c1-2-3-4-5-19-6-15-25(26(34)16-19)33(42,43)45-24-13-9-22(10-14-24)32(40,41)44-23-11-7-20(8-12-23)29(37)30(38)21-17-27(35)31(39)28(36)18-21/h6,15-18,20,22-24H,2-5,7-14H2,1H3/b30-29+. The average Bonchev–Trinajstić information content (AvgIpc) is 2.99. The second-order valence-electron chi connectivity index (χ2n) is 11.9. The first-order chi connectivity index (χ1) is 21.2. The Labute approximate surface area is 255 Å². The number of hydrogen-bond acceptors (Lipinski definition) is 2. The van der Waals surface area contributed by atoms with Crippen molar-refractivity contribution in [3.8, 4) is 0 Å². The predicted octanol–water partition coefficient (Wildman–Crippen LogP) is 11.1. The summed E-state index contributed by atoms with van der Waals surface area (Å²) in [7, 11) is 0. The molecule has 2 nitrogen and oxygen atoms in total. The van der Waals surface area contributed by atoms with E-state index in [4.69, 9.17) is 9.47 Å². The van der Waals surface area contributed by atoms with E-state index >= 15 is 8.78 Å². The number of allylic oxidation sites excluding steroid dienone is 1. The zero-order chi connectivity index (χ0) is 32.9. The third kappa shape index (κ3) is 8.81. The zero-order valence-corrected chi connectivity index (χ0v) is 24.8. The molecule has 2 fully saturated rings. The molecule has 2 saturated carbocycles. The van der Waals surface area contributed by atoms with Crippen LogP contribution in [0.25, 0.3) is 5.83 Å². The van der Waals surface area contributed by atoms with E-state index in [-0.39, 0.29) is 51.4 Å². The molecule has 0 saturated heterocycles. The van der Waals surface area contributed by atoms with Crippen molar-refractivity contribution in [2.24, 2.45) is 11.8 Å². The van der Waals surface area contributed by atoms with Crippen molar-refractivity contribution in [3.63, 3.8) is 0 Å². The maximum atomic E-state index is 15.0. The number of aryl methyl sites for hydroxylation is 1. The molecule has 2 aliphatic rings. The van der Waals surface area contributed by atoms with Gasteiger partial charge in [0.05, 0.1) is 23.7 Å². The summed E-state index contributed by atoms with van der Waals surface area (Å²) in [6.07, 6.45) is -7.24. The highest BCUT2D eigenvalue weighted by Crippen LogP contribution is 2.44. The van der Waals surface area contributed by atoms with Gasteiger partial charge in [0, 0.05) is 11.5 Å². The van der Waals surface area contributed by atoms with Gasteiger partial charge in [-0.25, -0.2) is 26.3 Å². The van der Waals surface area contributed by atoms with E-state index in [0.29, 0.717) is 24.1 Å². The fourth-order valence-electron chi connectivity index (χ4n) is 6.07. The molecule has 0 heterocycles. The molecule has 45 heavy (non-hydrogen) atoms. The van der Waals surface area contributed by atoms with E-state index in [1.54, 1.807) is 0 Å². The number of rotatable bonds is 12. The highest BCUT2D eigenvalue weighted by molar-refractivity contribution is 5.61. The van der Waals surface area contributed by atoms with Crippen LogP contribution in [0.2, 0.25) is 0 Å². The summed E-state index contributed by atoms with van der Waals surface area (Å²) < 4.78 is 154. The van der Waals surface area contributed by atoms with Crippen LogP contribution in [-0.4, -0.2) is 18.3 Å². The highest BCUT2D eigenvalue weighted by Gasteiger charge is 2.47. The number of alkyl halides is 4. The lowest BCUT2D eigenvalue weighted by atomic mass is 9.84. The van der Waals surface area contributed by atoms with E-state index in [1.807, 2.05) is 6.92 Å². The molecule has 0 N–H and O–H groups in total. The van der Waals surface area contributed by atoms with Gasteiger partial charge in [-0.2, -0.15) is 17.6 Å². The maximum absolute atomic E-state index is 15.0. The van der Waals surface area contributed by atoms with Crippen LogP contribution in [0.15, 0.2) is 36.2 Å². The fourth-order valence-corrected chi connectivity index (χ4v) is 6.07. The first-order valence-electron chi connectivity index (χ1n) is 15.3. The van der Waals surface area contributed by atoms with Crippen LogP contribution in [0.1, 0.15) is 94.2 Å². The number of ether oxygens (including phenoxy) is 2.